The number of hydrogen-bond acceptors (Lipinski definition) is 4. The minimum atomic E-state index is -3.39. The second-order valence-electron chi connectivity index (χ2n) is 4.63. The summed E-state index contributed by atoms with van der Waals surface area (Å²) in [5.74, 6) is 0. The molecule has 0 aromatic carbocycles. The van der Waals surface area contributed by atoms with Crippen molar-refractivity contribution in [3.63, 3.8) is 0 Å². The van der Waals surface area contributed by atoms with Crippen LogP contribution in [0.25, 0.3) is 0 Å². The summed E-state index contributed by atoms with van der Waals surface area (Å²) in [6.45, 7) is 9.91. The molecule has 0 rings (SSSR count). The SMILES string of the molecule is CCCCNC(=O)NC(C)(C)P(=O)(OCC)OCC. The largest absolute Gasteiger partial charge is 0.355 e. The Hall–Kier alpha value is -0.580. The van der Waals surface area contributed by atoms with Crippen LogP contribution in [0.5, 0.6) is 0 Å². The lowest BCUT2D eigenvalue weighted by Crippen LogP contribution is -2.49. The first kappa shape index (κ1) is 18.4. The van der Waals surface area contributed by atoms with Crippen molar-refractivity contribution < 1.29 is 18.4 Å². The van der Waals surface area contributed by atoms with Gasteiger partial charge in [0.15, 0.2) is 0 Å². The van der Waals surface area contributed by atoms with Gasteiger partial charge >= 0.3 is 13.6 Å². The summed E-state index contributed by atoms with van der Waals surface area (Å²) < 4.78 is 23.1. The molecule has 0 saturated heterocycles. The molecule has 0 unspecified atom stereocenters. The molecule has 2 N–H and O–H groups in total. The van der Waals surface area contributed by atoms with Crippen LogP contribution in [0.2, 0.25) is 0 Å². The maximum absolute atomic E-state index is 12.6. The van der Waals surface area contributed by atoms with E-state index in [1.165, 1.54) is 0 Å². The van der Waals surface area contributed by atoms with Crippen molar-refractivity contribution in [2.24, 2.45) is 0 Å². The van der Waals surface area contributed by atoms with Crippen LogP contribution in [0.3, 0.4) is 0 Å². The average Bonchev–Trinajstić information content (AvgIpc) is 2.29. The number of carbonyl (C=O) groups excluding carboxylic acids is 1. The van der Waals surface area contributed by atoms with Crippen molar-refractivity contribution in [2.45, 2.75) is 52.7 Å². The smallest absolute Gasteiger partial charge is 0.338 e. The van der Waals surface area contributed by atoms with Crippen LogP contribution < -0.4 is 10.6 Å². The van der Waals surface area contributed by atoms with Crippen LogP contribution in [-0.2, 0) is 13.6 Å². The number of rotatable bonds is 9. The molecule has 0 aliphatic rings. The normalized spacial score (nSPS) is 12.3. The number of unbranched alkanes of at least 4 members (excludes halogenated alkanes) is 1. The Morgan fingerprint density at radius 1 is 1.16 bits per heavy atom. The van der Waals surface area contributed by atoms with E-state index in [0.717, 1.165) is 12.8 Å². The summed E-state index contributed by atoms with van der Waals surface area (Å²) in [7, 11) is -3.39. The third-order valence-electron chi connectivity index (χ3n) is 2.52. The lowest BCUT2D eigenvalue weighted by atomic mass is 10.3. The van der Waals surface area contributed by atoms with Crippen molar-refractivity contribution in [2.75, 3.05) is 19.8 Å². The van der Waals surface area contributed by atoms with E-state index in [1.54, 1.807) is 27.7 Å². The molecule has 0 heterocycles. The Labute approximate surface area is 116 Å². The third kappa shape index (κ3) is 5.93. The molecule has 7 heteroatoms. The van der Waals surface area contributed by atoms with Gasteiger partial charge in [-0.05, 0) is 34.1 Å². The minimum absolute atomic E-state index is 0.264. The van der Waals surface area contributed by atoms with E-state index in [0.29, 0.717) is 6.54 Å². The average molecular weight is 294 g/mol. The quantitative estimate of drug-likeness (QED) is 0.506. The van der Waals surface area contributed by atoms with Crippen molar-refractivity contribution in [3.05, 3.63) is 0 Å². The predicted octanol–water partition coefficient (Wildman–Crippen LogP) is 3.09. The second kappa shape index (κ2) is 8.56. The van der Waals surface area contributed by atoms with Crippen molar-refractivity contribution >= 4 is 13.6 Å². The van der Waals surface area contributed by atoms with Gasteiger partial charge in [0.05, 0.1) is 13.2 Å². The zero-order chi connectivity index (χ0) is 14.9. The van der Waals surface area contributed by atoms with Crippen molar-refractivity contribution in [1.29, 1.82) is 0 Å². The zero-order valence-corrected chi connectivity index (χ0v) is 13.5. The second-order valence-corrected chi connectivity index (χ2v) is 7.26. The molecule has 0 aromatic heterocycles. The first-order chi connectivity index (χ1) is 8.83. The number of carbonyl (C=O) groups is 1. The van der Waals surface area contributed by atoms with Gasteiger partial charge < -0.3 is 19.7 Å². The Morgan fingerprint density at radius 2 is 1.68 bits per heavy atom. The first-order valence-electron chi connectivity index (χ1n) is 6.78. The van der Waals surface area contributed by atoms with Gasteiger partial charge in [-0.2, -0.15) is 0 Å². The molecular formula is C12H27N2O4P. The van der Waals surface area contributed by atoms with Gasteiger partial charge in [-0.3, -0.25) is 4.57 Å². The van der Waals surface area contributed by atoms with Gasteiger partial charge in [0, 0.05) is 6.54 Å². The maximum Gasteiger partial charge on any atom is 0.355 e. The highest BCUT2D eigenvalue weighted by atomic mass is 31.2. The van der Waals surface area contributed by atoms with E-state index in [9.17, 15) is 9.36 Å². The number of nitrogens with one attached hydrogen (secondary N) is 2. The van der Waals surface area contributed by atoms with Crippen LogP contribution in [0.4, 0.5) is 4.79 Å². The van der Waals surface area contributed by atoms with Crippen molar-refractivity contribution in [1.82, 2.24) is 10.6 Å². The predicted molar refractivity (Wildman–Crippen MR) is 76.4 cm³/mol. The molecule has 0 aromatic rings. The number of amides is 2. The van der Waals surface area contributed by atoms with Gasteiger partial charge in [-0.15, -0.1) is 0 Å². The molecule has 0 radical (unpaired) electrons. The molecule has 6 nitrogen and oxygen atoms in total. The van der Waals surface area contributed by atoms with Crippen LogP contribution in [-0.4, -0.2) is 31.1 Å². The van der Waals surface area contributed by atoms with Crippen LogP contribution in [0.1, 0.15) is 47.5 Å². The fourth-order valence-electron chi connectivity index (χ4n) is 1.47. The summed E-state index contributed by atoms with van der Waals surface area (Å²) in [5, 5.41) is 4.30. The highest BCUT2D eigenvalue weighted by Gasteiger charge is 2.44. The Bertz CT molecular complexity index is 311. The Kier molecular flexibility index (Phi) is 8.30. The molecule has 19 heavy (non-hydrogen) atoms. The molecule has 0 bridgehead atoms. The van der Waals surface area contributed by atoms with Crippen molar-refractivity contribution in [3.8, 4) is 0 Å². The van der Waals surface area contributed by atoms with Crippen LogP contribution in [0, 0.1) is 0 Å². The van der Waals surface area contributed by atoms with Crippen LogP contribution >= 0.6 is 7.60 Å². The standard InChI is InChI=1S/C12H27N2O4P/c1-6-9-10-13-11(15)14-12(4,5)19(16,17-7-2)18-8-3/h6-10H2,1-5H3,(H2,13,14,15). The molecule has 0 aliphatic carbocycles. The van der Waals surface area contributed by atoms with E-state index < -0.39 is 12.9 Å². The zero-order valence-electron chi connectivity index (χ0n) is 12.6. The fraction of sp³-hybridized carbons (Fsp3) is 0.917. The number of urea groups is 1. The van der Waals surface area contributed by atoms with Gasteiger partial charge in [0.1, 0.15) is 5.28 Å². The third-order valence-corrected chi connectivity index (χ3v) is 5.20. The van der Waals surface area contributed by atoms with Gasteiger partial charge in [0.25, 0.3) is 0 Å². The summed E-state index contributed by atoms with van der Waals surface area (Å²) in [4.78, 5) is 11.7. The first-order valence-corrected chi connectivity index (χ1v) is 8.32. The molecule has 2 amide bonds. The van der Waals surface area contributed by atoms with E-state index in [4.69, 9.17) is 9.05 Å². The Morgan fingerprint density at radius 3 is 2.11 bits per heavy atom. The highest BCUT2D eigenvalue weighted by molar-refractivity contribution is 7.55. The lowest BCUT2D eigenvalue weighted by Gasteiger charge is -2.33. The molecule has 0 fully saturated rings. The summed E-state index contributed by atoms with van der Waals surface area (Å²) in [6.07, 6.45) is 1.91. The summed E-state index contributed by atoms with van der Waals surface area (Å²) >= 11 is 0. The topological polar surface area (TPSA) is 76.7 Å². The van der Waals surface area contributed by atoms with E-state index >= 15 is 0 Å². The molecule has 114 valence electrons. The summed E-state index contributed by atoms with van der Waals surface area (Å²) in [5.41, 5.74) is 0. The lowest BCUT2D eigenvalue weighted by molar-refractivity contribution is 0.189. The van der Waals surface area contributed by atoms with Gasteiger partial charge in [-0.25, -0.2) is 4.79 Å². The van der Waals surface area contributed by atoms with Gasteiger partial charge in [0.2, 0.25) is 0 Å². The molecule has 0 saturated carbocycles. The molecule has 0 atom stereocenters. The van der Waals surface area contributed by atoms with Crippen LogP contribution in [0.15, 0.2) is 0 Å². The van der Waals surface area contributed by atoms with E-state index in [2.05, 4.69) is 10.6 Å². The number of hydrogen-bond donors (Lipinski definition) is 2. The fourth-order valence-corrected chi connectivity index (χ4v) is 3.11. The summed E-state index contributed by atoms with van der Waals surface area (Å²) in [6, 6.07) is -0.363. The maximum atomic E-state index is 12.6. The Balaban J connectivity index is 4.63. The monoisotopic (exact) mass is 294 g/mol. The van der Waals surface area contributed by atoms with Gasteiger partial charge in [-0.1, -0.05) is 13.3 Å². The van der Waals surface area contributed by atoms with E-state index in [1.807, 2.05) is 6.92 Å². The van der Waals surface area contributed by atoms with E-state index in [-0.39, 0.29) is 19.2 Å². The highest BCUT2D eigenvalue weighted by Crippen LogP contribution is 2.58. The minimum Gasteiger partial charge on any atom is -0.338 e. The molecule has 0 aliphatic heterocycles. The molecular weight excluding hydrogens is 267 g/mol. The molecule has 0 spiro atoms.